The number of rotatable bonds is 9. The van der Waals surface area contributed by atoms with Crippen LogP contribution in [-0.2, 0) is 4.79 Å². The standard InChI is InChI=1S/C21H23N3O4S/c1-4-10-27-17-9-8-15(12-18(17)26-3)20-23-21(29-24-20)22-19(25)13-28-16-7-5-6-14(2)11-16/h5-9,11-12H,4,10,13H2,1-3H3,(H,22,23,24,25). The predicted octanol–water partition coefficient (Wildman–Crippen LogP) is 4.33. The molecule has 29 heavy (non-hydrogen) atoms. The summed E-state index contributed by atoms with van der Waals surface area (Å²) in [5.41, 5.74) is 1.84. The first-order valence-electron chi connectivity index (χ1n) is 9.23. The quantitative estimate of drug-likeness (QED) is 0.562. The minimum absolute atomic E-state index is 0.102. The molecule has 0 aliphatic heterocycles. The number of nitrogens with zero attached hydrogens (tertiary/aromatic N) is 2. The highest BCUT2D eigenvalue weighted by molar-refractivity contribution is 7.10. The highest BCUT2D eigenvalue weighted by Gasteiger charge is 2.13. The highest BCUT2D eigenvalue weighted by Crippen LogP contribution is 2.32. The zero-order valence-corrected chi connectivity index (χ0v) is 17.4. The van der Waals surface area contributed by atoms with Crippen molar-refractivity contribution < 1.29 is 19.0 Å². The highest BCUT2D eigenvalue weighted by atomic mass is 32.1. The lowest BCUT2D eigenvalue weighted by Gasteiger charge is -2.10. The van der Waals surface area contributed by atoms with Gasteiger partial charge in [0.1, 0.15) is 5.75 Å². The molecular formula is C21H23N3O4S. The van der Waals surface area contributed by atoms with E-state index in [0.29, 0.717) is 34.8 Å². The Kier molecular flexibility index (Phi) is 7.02. The number of aromatic nitrogens is 2. The molecule has 0 atom stereocenters. The van der Waals surface area contributed by atoms with Crippen molar-refractivity contribution in [2.75, 3.05) is 25.6 Å². The average molecular weight is 413 g/mol. The summed E-state index contributed by atoms with van der Waals surface area (Å²) in [6, 6.07) is 13.0. The number of aryl methyl sites for hydroxylation is 1. The molecule has 0 aliphatic rings. The van der Waals surface area contributed by atoms with Crippen LogP contribution in [0.2, 0.25) is 0 Å². The van der Waals surface area contributed by atoms with E-state index >= 15 is 0 Å². The van der Waals surface area contributed by atoms with E-state index in [1.54, 1.807) is 7.11 Å². The fourth-order valence-electron chi connectivity index (χ4n) is 2.54. The summed E-state index contributed by atoms with van der Waals surface area (Å²) in [6.45, 7) is 4.52. The van der Waals surface area contributed by atoms with E-state index in [-0.39, 0.29) is 12.5 Å². The Labute approximate surface area is 173 Å². The van der Waals surface area contributed by atoms with Gasteiger partial charge in [-0.3, -0.25) is 10.1 Å². The number of methoxy groups -OCH3 is 1. The Morgan fingerprint density at radius 2 is 2.00 bits per heavy atom. The third-order valence-electron chi connectivity index (χ3n) is 3.92. The predicted molar refractivity (Wildman–Crippen MR) is 113 cm³/mol. The maximum Gasteiger partial charge on any atom is 0.264 e. The van der Waals surface area contributed by atoms with Gasteiger partial charge in [0.05, 0.1) is 13.7 Å². The van der Waals surface area contributed by atoms with Crippen LogP contribution in [0.4, 0.5) is 5.13 Å². The topological polar surface area (TPSA) is 82.6 Å². The van der Waals surface area contributed by atoms with E-state index < -0.39 is 0 Å². The van der Waals surface area contributed by atoms with Gasteiger partial charge >= 0.3 is 0 Å². The van der Waals surface area contributed by atoms with Gasteiger partial charge in [0, 0.05) is 17.1 Å². The van der Waals surface area contributed by atoms with Gasteiger partial charge in [-0.2, -0.15) is 9.36 Å². The zero-order valence-electron chi connectivity index (χ0n) is 16.6. The van der Waals surface area contributed by atoms with Gasteiger partial charge in [-0.15, -0.1) is 0 Å². The van der Waals surface area contributed by atoms with Crippen molar-refractivity contribution in [3.63, 3.8) is 0 Å². The number of anilines is 1. The molecule has 3 rings (SSSR count). The molecule has 3 aromatic rings. The molecule has 8 heteroatoms. The van der Waals surface area contributed by atoms with Crippen LogP contribution in [0.15, 0.2) is 42.5 Å². The normalized spacial score (nSPS) is 10.4. The van der Waals surface area contributed by atoms with Crippen LogP contribution >= 0.6 is 11.5 Å². The van der Waals surface area contributed by atoms with E-state index in [1.165, 1.54) is 0 Å². The van der Waals surface area contributed by atoms with E-state index in [9.17, 15) is 4.79 Å². The summed E-state index contributed by atoms with van der Waals surface area (Å²) in [5.74, 6) is 2.15. The van der Waals surface area contributed by atoms with Crippen LogP contribution in [0, 0.1) is 6.92 Å². The smallest absolute Gasteiger partial charge is 0.264 e. The molecule has 0 saturated carbocycles. The van der Waals surface area contributed by atoms with Crippen molar-refractivity contribution in [2.45, 2.75) is 20.3 Å². The lowest BCUT2D eigenvalue weighted by Crippen LogP contribution is -2.20. The van der Waals surface area contributed by atoms with Crippen molar-refractivity contribution >= 4 is 22.6 Å². The lowest BCUT2D eigenvalue weighted by molar-refractivity contribution is -0.118. The minimum atomic E-state index is -0.296. The molecule has 1 heterocycles. The van der Waals surface area contributed by atoms with Crippen LogP contribution < -0.4 is 19.5 Å². The van der Waals surface area contributed by atoms with E-state index in [4.69, 9.17) is 14.2 Å². The molecule has 0 radical (unpaired) electrons. The van der Waals surface area contributed by atoms with E-state index in [1.807, 2.05) is 56.3 Å². The van der Waals surface area contributed by atoms with Gasteiger partial charge in [-0.1, -0.05) is 19.1 Å². The number of carbonyl (C=O) groups excluding carboxylic acids is 1. The zero-order chi connectivity index (χ0) is 20.6. The molecule has 1 amide bonds. The molecule has 1 aromatic heterocycles. The van der Waals surface area contributed by atoms with Gasteiger partial charge in [0.25, 0.3) is 5.91 Å². The number of hydrogen-bond donors (Lipinski definition) is 1. The first-order chi connectivity index (χ1) is 14.1. The molecule has 1 N–H and O–H groups in total. The second kappa shape index (κ2) is 9.88. The van der Waals surface area contributed by atoms with Crippen LogP contribution in [0.5, 0.6) is 17.2 Å². The number of hydrogen-bond acceptors (Lipinski definition) is 7. The summed E-state index contributed by atoms with van der Waals surface area (Å²) in [6.07, 6.45) is 0.912. The molecular weight excluding hydrogens is 390 g/mol. The largest absolute Gasteiger partial charge is 0.493 e. The molecule has 7 nitrogen and oxygen atoms in total. The first-order valence-corrected chi connectivity index (χ1v) is 10.0. The molecule has 0 unspecified atom stereocenters. The second-order valence-electron chi connectivity index (χ2n) is 6.29. The molecule has 0 bridgehead atoms. The molecule has 2 aromatic carbocycles. The molecule has 0 fully saturated rings. The van der Waals surface area contributed by atoms with E-state index in [0.717, 1.165) is 29.1 Å². The van der Waals surface area contributed by atoms with Crippen LogP contribution in [0.3, 0.4) is 0 Å². The van der Waals surface area contributed by atoms with Crippen molar-refractivity contribution in [1.29, 1.82) is 0 Å². The van der Waals surface area contributed by atoms with Gasteiger partial charge in [-0.05, 0) is 49.2 Å². The SMILES string of the molecule is CCCOc1ccc(-c2nsc(NC(=O)COc3cccc(C)c3)n2)cc1OC. The Morgan fingerprint density at radius 1 is 1.14 bits per heavy atom. The summed E-state index contributed by atoms with van der Waals surface area (Å²) in [7, 11) is 1.59. The fraction of sp³-hybridized carbons (Fsp3) is 0.286. The lowest BCUT2D eigenvalue weighted by atomic mass is 10.2. The van der Waals surface area contributed by atoms with Crippen molar-refractivity contribution in [2.24, 2.45) is 0 Å². The first kappa shape index (κ1) is 20.6. The summed E-state index contributed by atoms with van der Waals surface area (Å²) >= 11 is 1.11. The van der Waals surface area contributed by atoms with Gasteiger partial charge in [0.15, 0.2) is 23.9 Å². The van der Waals surface area contributed by atoms with Gasteiger partial charge in [0.2, 0.25) is 5.13 Å². The second-order valence-corrected chi connectivity index (χ2v) is 7.04. The molecule has 0 spiro atoms. The summed E-state index contributed by atoms with van der Waals surface area (Å²) in [4.78, 5) is 16.5. The van der Waals surface area contributed by atoms with Crippen LogP contribution in [-0.4, -0.2) is 35.6 Å². The van der Waals surface area contributed by atoms with Gasteiger partial charge < -0.3 is 14.2 Å². The van der Waals surface area contributed by atoms with Crippen molar-refractivity contribution in [3.8, 4) is 28.6 Å². The maximum atomic E-state index is 12.1. The Bertz CT molecular complexity index is 974. The summed E-state index contributed by atoms with van der Waals surface area (Å²) < 4.78 is 20.9. The number of benzene rings is 2. The number of ether oxygens (including phenoxy) is 3. The van der Waals surface area contributed by atoms with Crippen molar-refractivity contribution in [1.82, 2.24) is 9.36 Å². The monoisotopic (exact) mass is 413 g/mol. The number of amides is 1. The number of carbonyl (C=O) groups is 1. The average Bonchev–Trinajstić information content (AvgIpc) is 3.19. The van der Waals surface area contributed by atoms with E-state index in [2.05, 4.69) is 14.7 Å². The van der Waals surface area contributed by atoms with Crippen LogP contribution in [0.1, 0.15) is 18.9 Å². The molecule has 0 aliphatic carbocycles. The Morgan fingerprint density at radius 3 is 2.76 bits per heavy atom. The van der Waals surface area contributed by atoms with Crippen LogP contribution in [0.25, 0.3) is 11.4 Å². The van der Waals surface area contributed by atoms with Crippen molar-refractivity contribution in [3.05, 3.63) is 48.0 Å². The third-order valence-corrected chi connectivity index (χ3v) is 4.55. The Balaban J connectivity index is 1.62. The minimum Gasteiger partial charge on any atom is -0.493 e. The molecule has 0 saturated heterocycles. The maximum absolute atomic E-state index is 12.1. The number of nitrogens with one attached hydrogen (secondary N) is 1. The third kappa shape index (κ3) is 5.68. The summed E-state index contributed by atoms with van der Waals surface area (Å²) in [5, 5.41) is 3.12. The molecule has 152 valence electrons. The fourth-order valence-corrected chi connectivity index (χ4v) is 3.14. The van der Waals surface area contributed by atoms with Gasteiger partial charge in [-0.25, -0.2) is 0 Å². The Hall–Kier alpha value is -3.13.